The van der Waals surface area contributed by atoms with Gasteiger partial charge in [-0.25, -0.2) is 4.79 Å². The van der Waals surface area contributed by atoms with Gasteiger partial charge in [0.15, 0.2) is 0 Å². The van der Waals surface area contributed by atoms with Crippen LogP contribution in [-0.2, 0) is 9.59 Å². The van der Waals surface area contributed by atoms with Crippen LogP contribution in [-0.4, -0.2) is 77.4 Å². The Morgan fingerprint density at radius 3 is 2.52 bits per heavy atom. The summed E-state index contributed by atoms with van der Waals surface area (Å²) in [5, 5.41) is 2.87. The first-order chi connectivity index (χ1) is 11.0. The number of carbonyl (C=O) groups is 3. The van der Waals surface area contributed by atoms with Crippen LogP contribution >= 0.6 is 0 Å². The Morgan fingerprint density at radius 1 is 1.22 bits per heavy atom. The van der Waals surface area contributed by atoms with Crippen molar-refractivity contribution in [3.05, 3.63) is 0 Å². The first-order valence-electron chi connectivity index (χ1n) is 8.56. The number of hydrogen-bond acceptors (Lipinski definition) is 3. The summed E-state index contributed by atoms with van der Waals surface area (Å²) in [6.45, 7) is 3.60. The highest BCUT2D eigenvalue weighted by Crippen LogP contribution is 2.29. The van der Waals surface area contributed by atoms with E-state index in [9.17, 15) is 14.4 Å². The molecule has 3 rings (SSSR count). The molecule has 1 N–H and O–H groups in total. The quantitative estimate of drug-likeness (QED) is 0.814. The third-order valence-corrected chi connectivity index (χ3v) is 5.16. The molecule has 3 fully saturated rings. The molecular weight excluding hydrogens is 296 g/mol. The van der Waals surface area contributed by atoms with E-state index in [4.69, 9.17) is 0 Å². The molecule has 2 aliphatic heterocycles. The summed E-state index contributed by atoms with van der Waals surface area (Å²) in [6, 6.07) is -0.140. The summed E-state index contributed by atoms with van der Waals surface area (Å²) in [5.41, 5.74) is 0. The van der Waals surface area contributed by atoms with Crippen molar-refractivity contribution in [2.24, 2.45) is 0 Å². The topological polar surface area (TPSA) is 73.0 Å². The fraction of sp³-hybridized carbons (Fsp3) is 0.812. The predicted molar refractivity (Wildman–Crippen MR) is 84.7 cm³/mol. The van der Waals surface area contributed by atoms with Crippen molar-refractivity contribution in [3.63, 3.8) is 0 Å². The lowest BCUT2D eigenvalue weighted by atomic mass is 10.2. The Morgan fingerprint density at radius 2 is 1.96 bits per heavy atom. The van der Waals surface area contributed by atoms with Crippen molar-refractivity contribution < 1.29 is 14.4 Å². The lowest BCUT2D eigenvalue weighted by Gasteiger charge is -2.31. The largest absolute Gasteiger partial charge is 0.344 e. The van der Waals surface area contributed by atoms with Crippen LogP contribution in [0, 0.1) is 0 Å². The normalized spacial score (nSPS) is 27.5. The van der Waals surface area contributed by atoms with Gasteiger partial charge in [-0.15, -0.1) is 0 Å². The molecular formula is C16H26N4O3. The summed E-state index contributed by atoms with van der Waals surface area (Å²) in [5.74, 6) is 0.0739. The number of urea groups is 1. The minimum absolute atomic E-state index is 0.0163. The fourth-order valence-corrected chi connectivity index (χ4v) is 3.63. The van der Waals surface area contributed by atoms with Gasteiger partial charge in [-0.05, 0) is 32.1 Å². The molecule has 0 aromatic heterocycles. The van der Waals surface area contributed by atoms with Gasteiger partial charge >= 0.3 is 6.03 Å². The van der Waals surface area contributed by atoms with Gasteiger partial charge in [0.05, 0.1) is 6.04 Å². The molecule has 7 nitrogen and oxygen atoms in total. The van der Waals surface area contributed by atoms with Crippen LogP contribution in [0.15, 0.2) is 0 Å². The van der Waals surface area contributed by atoms with E-state index in [1.54, 1.807) is 18.9 Å². The van der Waals surface area contributed by atoms with Gasteiger partial charge in [-0.1, -0.05) is 0 Å². The molecule has 0 unspecified atom stereocenters. The van der Waals surface area contributed by atoms with Gasteiger partial charge in [0.1, 0.15) is 6.04 Å². The molecule has 23 heavy (non-hydrogen) atoms. The highest BCUT2D eigenvalue weighted by atomic mass is 16.2. The molecule has 0 bridgehead atoms. The van der Waals surface area contributed by atoms with Crippen molar-refractivity contribution in [2.75, 3.05) is 26.7 Å². The predicted octanol–water partition coefficient (Wildman–Crippen LogP) is 0.402. The SMILES string of the molecule is CC(=O)N(C[C@@H]1CCCN1C(=O)N[C@H]1CCN(C)C1=O)C1CC1. The Bertz CT molecular complexity index is 506. The van der Waals surface area contributed by atoms with Crippen LogP contribution < -0.4 is 5.32 Å². The van der Waals surface area contributed by atoms with Gasteiger partial charge < -0.3 is 20.0 Å². The van der Waals surface area contributed by atoms with Crippen molar-refractivity contribution in [1.82, 2.24) is 20.0 Å². The maximum absolute atomic E-state index is 12.5. The maximum atomic E-state index is 12.5. The Hall–Kier alpha value is -1.79. The van der Waals surface area contributed by atoms with E-state index in [-0.39, 0.29) is 23.9 Å². The van der Waals surface area contributed by atoms with E-state index in [1.807, 2.05) is 9.80 Å². The summed E-state index contributed by atoms with van der Waals surface area (Å²) < 4.78 is 0. The van der Waals surface area contributed by atoms with Crippen molar-refractivity contribution in [1.29, 1.82) is 0 Å². The summed E-state index contributed by atoms with van der Waals surface area (Å²) in [7, 11) is 1.76. The Kier molecular flexibility index (Phi) is 4.46. The van der Waals surface area contributed by atoms with E-state index in [0.29, 0.717) is 32.1 Å². The van der Waals surface area contributed by atoms with E-state index < -0.39 is 6.04 Å². The number of carbonyl (C=O) groups excluding carboxylic acids is 3. The molecule has 1 saturated carbocycles. The second-order valence-electron chi connectivity index (χ2n) is 6.94. The third-order valence-electron chi connectivity index (χ3n) is 5.16. The number of likely N-dealkylation sites (tertiary alicyclic amines) is 2. The molecule has 3 aliphatic rings. The molecule has 0 spiro atoms. The standard InChI is InChI=1S/C16H26N4O3/c1-11(21)20(12-5-6-12)10-13-4-3-8-19(13)16(23)17-14-7-9-18(2)15(14)22/h12-14H,3-10H2,1-2H3,(H,17,23)/t13-,14-/m0/s1. The molecule has 2 atom stereocenters. The number of rotatable bonds is 4. The van der Waals surface area contributed by atoms with E-state index in [2.05, 4.69) is 5.32 Å². The number of hydrogen-bond donors (Lipinski definition) is 1. The minimum atomic E-state index is -0.402. The second-order valence-corrected chi connectivity index (χ2v) is 6.94. The molecule has 4 amide bonds. The van der Waals surface area contributed by atoms with Gasteiger partial charge in [0, 0.05) is 39.6 Å². The van der Waals surface area contributed by atoms with Gasteiger partial charge in [0.25, 0.3) is 0 Å². The van der Waals surface area contributed by atoms with E-state index >= 15 is 0 Å². The minimum Gasteiger partial charge on any atom is -0.344 e. The zero-order valence-electron chi connectivity index (χ0n) is 14.0. The number of likely N-dealkylation sites (N-methyl/N-ethyl adjacent to an activating group) is 1. The first-order valence-corrected chi connectivity index (χ1v) is 8.56. The number of nitrogens with zero attached hydrogens (tertiary/aromatic N) is 3. The molecule has 2 heterocycles. The monoisotopic (exact) mass is 322 g/mol. The zero-order valence-corrected chi connectivity index (χ0v) is 14.0. The van der Waals surface area contributed by atoms with Crippen LogP contribution in [0.3, 0.4) is 0 Å². The van der Waals surface area contributed by atoms with Crippen molar-refractivity contribution >= 4 is 17.8 Å². The molecule has 1 aliphatic carbocycles. The second kappa shape index (κ2) is 6.37. The molecule has 7 heteroatoms. The van der Waals surface area contributed by atoms with Gasteiger partial charge in [0.2, 0.25) is 11.8 Å². The summed E-state index contributed by atoms with van der Waals surface area (Å²) in [4.78, 5) is 41.7. The van der Waals surface area contributed by atoms with Gasteiger partial charge in [-0.3, -0.25) is 9.59 Å². The summed E-state index contributed by atoms with van der Waals surface area (Å²) in [6.07, 6.45) is 4.68. The highest BCUT2D eigenvalue weighted by Gasteiger charge is 2.38. The highest BCUT2D eigenvalue weighted by molar-refractivity contribution is 5.88. The van der Waals surface area contributed by atoms with Crippen LogP contribution in [0.4, 0.5) is 4.79 Å². The smallest absolute Gasteiger partial charge is 0.318 e. The average Bonchev–Trinajstić information content (AvgIpc) is 3.16. The van der Waals surface area contributed by atoms with E-state index in [0.717, 1.165) is 25.7 Å². The molecule has 0 aromatic rings. The average molecular weight is 322 g/mol. The molecule has 0 radical (unpaired) electrons. The third kappa shape index (κ3) is 3.43. The van der Waals surface area contributed by atoms with Crippen LogP contribution in [0.5, 0.6) is 0 Å². The lowest BCUT2D eigenvalue weighted by Crippen LogP contribution is -2.52. The van der Waals surface area contributed by atoms with Crippen molar-refractivity contribution in [3.8, 4) is 0 Å². The van der Waals surface area contributed by atoms with Crippen molar-refractivity contribution in [2.45, 2.75) is 57.2 Å². The Labute approximate surface area is 137 Å². The fourth-order valence-electron chi connectivity index (χ4n) is 3.63. The number of nitrogens with one attached hydrogen (secondary N) is 1. The van der Waals surface area contributed by atoms with Gasteiger partial charge in [-0.2, -0.15) is 0 Å². The van der Waals surface area contributed by atoms with E-state index in [1.165, 1.54) is 0 Å². The first kappa shape index (κ1) is 16.1. The lowest BCUT2D eigenvalue weighted by molar-refractivity contribution is -0.130. The summed E-state index contributed by atoms with van der Waals surface area (Å²) >= 11 is 0. The van der Waals surface area contributed by atoms with Crippen LogP contribution in [0.2, 0.25) is 0 Å². The zero-order chi connectivity index (χ0) is 16.6. The maximum Gasteiger partial charge on any atom is 0.318 e. The Balaban J connectivity index is 1.58. The number of amides is 4. The van der Waals surface area contributed by atoms with Crippen LogP contribution in [0.1, 0.15) is 39.0 Å². The van der Waals surface area contributed by atoms with Crippen LogP contribution in [0.25, 0.3) is 0 Å². The molecule has 0 aromatic carbocycles. The molecule has 2 saturated heterocycles. The molecule has 128 valence electrons.